The van der Waals surface area contributed by atoms with Gasteiger partial charge in [-0.2, -0.15) is 0 Å². The lowest BCUT2D eigenvalue weighted by molar-refractivity contribution is -0.131. The largest absolute Gasteiger partial charge is 0.447 e. The van der Waals surface area contributed by atoms with Gasteiger partial charge in [0.1, 0.15) is 6.61 Å². The van der Waals surface area contributed by atoms with E-state index >= 15 is 0 Å². The first-order valence-electron chi connectivity index (χ1n) is 6.02. The summed E-state index contributed by atoms with van der Waals surface area (Å²) in [6.45, 7) is 5.95. The number of aliphatic hydroxyl groups is 1. The Morgan fingerprint density at radius 1 is 1.59 bits per heavy atom. The summed E-state index contributed by atoms with van der Waals surface area (Å²) in [5, 5.41) is 9.55. The third-order valence-corrected chi connectivity index (χ3v) is 2.87. The highest BCUT2D eigenvalue weighted by Crippen LogP contribution is 2.18. The Morgan fingerprint density at radius 3 is 2.71 bits per heavy atom. The molecule has 1 atom stereocenters. The van der Waals surface area contributed by atoms with Crippen LogP contribution in [0.15, 0.2) is 0 Å². The Balaban J connectivity index is 2.34. The quantitative estimate of drug-likeness (QED) is 0.795. The van der Waals surface area contributed by atoms with E-state index in [4.69, 9.17) is 4.74 Å². The lowest BCUT2D eigenvalue weighted by Gasteiger charge is -2.19. The molecule has 2 amide bonds. The fraction of sp³-hybridized carbons (Fsp3) is 0.833. The van der Waals surface area contributed by atoms with E-state index in [1.54, 1.807) is 20.8 Å². The number of hydrogen-bond donors (Lipinski definition) is 1. The Bertz CT molecular complexity index is 295. The molecule has 1 heterocycles. The van der Waals surface area contributed by atoms with Crippen molar-refractivity contribution in [3.05, 3.63) is 0 Å². The molecule has 0 aromatic heterocycles. The van der Waals surface area contributed by atoms with Gasteiger partial charge in [0.2, 0.25) is 5.91 Å². The number of carbonyl (C=O) groups excluding carboxylic acids is 2. The van der Waals surface area contributed by atoms with Crippen molar-refractivity contribution in [3.8, 4) is 0 Å². The predicted octanol–water partition coefficient (Wildman–Crippen LogP) is 1.54. The molecule has 1 fully saturated rings. The molecule has 17 heavy (non-hydrogen) atoms. The molecule has 0 spiro atoms. The molecule has 5 nitrogen and oxygen atoms in total. The van der Waals surface area contributed by atoms with Crippen LogP contribution in [0.3, 0.4) is 0 Å². The summed E-state index contributed by atoms with van der Waals surface area (Å²) in [7, 11) is 0. The molecule has 5 heteroatoms. The fourth-order valence-electron chi connectivity index (χ4n) is 1.82. The van der Waals surface area contributed by atoms with Crippen LogP contribution in [0.2, 0.25) is 0 Å². The predicted molar refractivity (Wildman–Crippen MR) is 62.4 cm³/mol. The van der Waals surface area contributed by atoms with Gasteiger partial charge in [0.05, 0.1) is 12.1 Å². The average Bonchev–Trinajstić information content (AvgIpc) is 2.61. The second-order valence-electron chi connectivity index (χ2n) is 5.21. The molecule has 1 saturated heterocycles. The van der Waals surface area contributed by atoms with Gasteiger partial charge in [-0.1, -0.05) is 6.92 Å². The maximum atomic E-state index is 11.9. The van der Waals surface area contributed by atoms with E-state index in [-0.39, 0.29) is 11.8 Å². The third-order valence-electron chi connectivity index (χ3n) is 2.87. The molecule has 1 unspecified atom stereocenters. The monoisotopic (exact) mass is 243 g/mol. The highest BCUT2D eigenvalue weighted by molar-refractivity contribution is 5.94. The van der Waals surface area contributed by atoms with Gasteiger partial charge in [-0.15, -0.1) is 0 Å². The first-order chi connectivity index (χ1) is 7.81. The van der Waals surface area contributed by atoms with Crippen LogP contribution in [0, 0.1) is 5.92 Å². The molecule has 0 aliphatic carbocycles. The summed E-state index contributed by atoms with van der Waals surface area (Å²) in [5.41, 5.74) is -0.699. The second-order valence-corrected chi connectivity index (χ2v) is 5.21. The van der Waals surface area contributed by atoms with E-state index in [1.165, 1.54) is 0 Å². The van der Waals surface area contributed by atoms with E-state index in [0.717, 1.165) is 11.3 Å². The molecule has 0 aromatic rings. The van der Waals surface area contributed by atoms with Crippen LogP contribution in [-0.2, 0) is 9.53 Å². The molecule has 1 aliphatic rings. The Morgan fingerprint density at radius 2 is 2.24 bits per heavy atom. The van der Waals surface area contributed by atoms with E-state index in [0.29, 0.717) is 26.0 Å². The number of nitrogens with zero attached hydrogens (tertiary/aromatic N) is 1. The van der Waals surface area contributed by atoms with E-state index in [1.807, 2.05) is 0 Å². The van der Waals surface area contributed by atoms with Crippen LogP contribution in [0.4, 0.5) is 4.79 Å². The maximum absolute atomic E-state index is 11.9. The Hall–Kier alpha value is -1.10. The smallest absolute Gasteiger partial charge is 0.416 e. The standard InChI is InChI=1S/C12H21NO4/c1-9(5-4-6-12(2,3)16)10(14)13-7-8-17-11(13)15/h9,16H,4-8H2,1-3H3. The second kappa shape index (κ2) is 5.49. The van der Waals surface area contributed by atoms with Crippen LogP contribution >= 0.6 is 0 Å². The number of ether oxygens (including phenoxy) is 1. The van der Waals surface area contributed by atoms with Crippen molar-refractivity contribution in [1.29, 1.82) is 0 Å². The minimum atomic E-state index is -0.699. The van der Waals surface area contributed by atoms with Gasteiger partial charge in [-0.3, -0.25) is 4.79 Å². The van der Waals surface area contributed by atoms with Gasteiger partial charge in [-0.05, 0) is 33.1 Å². The summed E-state index contributed by atoms with van der Waals surface area (Å²) in [6, 6.07) is 0. The van der Waals surface area contributed by atoms with Gasteiger partial charge < -0.3 is 9.84 Å². The molecule has 0 bridgehead atoms. The summed E-state index contributed by atoms with van der Waals surface area (Å²) >= 11 is 0. The lowest BCUT2D eigenvalue weighted by atomic mass is 9.96. The minimum absolute atomic E-state index is 0.178. The van der Waals surface area contributed by atoms with Crippen LogP contribution in [-0.4, -0.2) is 40.8 Å². The third kappa shape index (κ3) is 4.34. The number of hydrogen-bond acceptors (Lipinski definition) is 4. The number of rotatable bonds is 5. The molecule has 0 aromatic carbocycles. The molecular formula is C12H21NO4. The van der Waals surface area contributed by atoms with Crippen molar-refractivity contribution < 1.29 is 19.4 Å². The van der Waals surface area contributed by atoms with E-state index in [9.17, 15) is 14.7 Å². The summed E-state index contributed by atoms with van der Waals surface area (Å²) < 4.78 is 4.72. The van der Waals surface area contributed by atoms with Gasteiger partial charge in [0.25, 0.3) is 0 Å². The van der Waals surface area contributed by atoms with Crippen molar-refractivity contribution in [3.63, 3.8) is 0 Å². The maximum Gasteiger partial charge on any atom is 0.416 e. The van der Waals surface area contributed by atoms with Gasteiger partial charge in [-0.25, -0.2) is 9.69 Å². The molecule has 1 rings (SSSR count). The van der Waals surface area contributed by atoms with Crippen LogP contribution < -0.4 is 0 Å². The zero-order valence-electron chi connectivity index (χ0n) is 10.7. The minimum Gasteiger partial charge on any atom is -0.447 e. The average molecular weight is 243 g/mol. The SMILES string of the molecule is CC(CCCC(C)(C)O)C(=O)N1CCOC1=O. The van der Waals surface area contributed by atoms with Crippen molar-refractivity contribution in [1.82, 2.24) is 4.90 Å². The number of imide groups is 1. The highest BCUT2D eigenvalue weighted by Gasteiger charge is 2.31. The van der Waals surface area contributed by atoms with Crippen molar-refractivity contribution in [2.45, 2.75) is 45.6 Å². The zero-order valence-corrected chi connectivity index (χ0v) is 10.7. The van der Waals surface area contributed by atoms with Crippen molar-refractivity contribution >= 4 is 12.0 Å². The summed E-state index contributed by atoms with van der Waals surface area (Å²) in [5.74, 6) is -0.383. The van der Waals surface area contributed by atoms with Crippen LogP contribution in [0.25, 0.3) is 0 Å². The molecule has 1 aliphatic heterocycles. The molecule has 98 valence electrons. The summed E-state index contributed by atoms with van der Waals surface area (Å²) in [6.07, 6.45) is 1.55. The number of amides is 2. The van der Waals surface area contributed by atoms with Crippen molar-refractivity contribution in [2.75, 3.05) is 13.2 Å². The first-order valence-corrected chi connectivity index (χ1v) is 6.02. The Labute approximate surface area is 102 Å². The number of cyclic esters (lactones) is 1. The zero-order chi connectivity index (χ0) is 13.1. The Kier molecular flexibility index (Phi) is 4.51. The number of carbonyl (C=O) groups is 2. The van der Waals surface area contributed by atoms with Gasteiger partial charge in [0, 0.05) is 5.92 Å². The van der Waals surface area contributed by atoms with E-state index in [2.05, 4.69) is 0 Å². The normalized spacial score (nSPS) is 18.1. The first kappa shape index (κ1) is 14.0. The van der Waals surface area contributed by atoms with Gasteiger partial charge in [0.15, 0.2) is 0 Å². The van der Waals surface area contributed by atoms with Crippen LogP contribution in [0.5, 0.6) is 0 Å². The molecular weight excluding hydrogens is 222 g/mol. The van der Waals surface area contributed by atoms with Crippen molar-refractivity contribution in [2.24, 2.45) is 5.92 Å². The van der Waals surface area contributed by atoms with Gasteiger partial charge >= 0.3 is 6.09 Å². The topological polar surface area (TPSA) is 66.8 Å². The van der Waals surface area contributed by atoms with Crippen LogP contribution in [0.1, 0.15) is 40.0 Å². The molecule has 1 N–H and O–H groups in total. The van der Waals surface area contributed by atoms with E-state index < -0.39 is 11.7 Å². The molecule has 0 radical (unpaired) electrons. The lowest BCUT2D eigenvalue weighted by Crippen LogP contribution is -2.35. The fourth-order valence-corrected chi connectivity index (χ4v) is 1.82. The molecule has 0 saturated carbocycles. The summed E-state index contributed by atoms with van der Waals surface area (Å²) in [4.78, 5) is 24.2. The highest BCUT2D eigenvalue weighted by atomic mass is 16.6.